The van der Waals surface area contributed by atoms with Crippen molar-refractivity contribution in [3.05, 3.63) is 24.3 Å². The molecule has 2 N–H and O–H groups in total. The lowest BCUT2D eigenvalue weighted by Gasteiger charge is -2.44. The van der Waals surface area contributed by atoms with Crippen molar-refractivity contribution < 1.29 is 14.3 Å². The average Bonchev–Trinajstić information content (AvgIpc) is 2.58. The van der Waals surface area contributed by atoms with E-state index in [4.69, 9.17) is 15.2 Å². The second-order valence-electron chi connectivity index (χ2n) is 6.51. The Morgan fingerprint density at radius 3 is 2.61 bits per heavy atom. The highest BCUT2D eigenvalue weighted by molar-refractivity contribution is 5.75. The molecule has 126 valence electrons. The molecule has 1 aromatic rings. The van der Waals surface area contributed by atoms with Crippen molar-refractivity contribution in [2.24, 2.45) is 11.7 Å². The summed E-state index contributed by atoms with van der Waals surface area (Å²) in [5.74, 6) is 1.38. The molecule has 0 spiro atoms. The Labute approximate surface area is 137 Å². The quantitative estimate of drug-likeness (QED) is 0.873. The Morgan fingerprint density at radius 2 is 1.83 bits per heavy atom. The van der Waals surface area contributed by atoms with E-state index in [0.717, 1.165) is 0 Å². The fourth-order valence-electron chi connectivity index (χ4n) is 3.81. The normalized spacial score (nSPS) is 24.7. The van der Waals surface area contributed by atoms with Gasteiger partial charge in [0.15, 0.2) is 18.1 Å². The molecule has 0 radical (unpaired) electrons. The van der Waals surface area contributed by atoms with Gasteiger partial charge in [0.2, 0.25) is 0 Å². The molecule has 2 heterocycles. The molecule has 2 saturated heterocycles. The third-order valence-electron chi connectivity index (χ3n) is 4.90. The standard InChI is InChI=1S/C18H26N2O3/c19-18(21)13-23-17-9-2-1-8-16(17)22-12-14-6-5-11-20-10-4-3-7-15(14)20/h1-2,8-9,14-15H,3-7,10-13H2,(H2,19,21)/t14-,15+/m0/s1. The van der Waals surface area contributed by atoms with Crippen LogP contribution >= 0.6 is 0 Å². The van der Waals surface area contributed by atoms with Crippen molar-refractivity contribution in [2.45, 2.75) is 38.1 Å². The van der Waals surface area contributed by atoms with Crippen LogP contribution in [0.3, 0.4) is 0 Å². The van der Waals surface area contributed by atoms with Crippen LogP contribution in [0.25, 0.3) is 0 Å². The smallest absolute Gasteiger partial charge is 0.255 e. The number of hydrogen-bond acceptors (Lipinski definition) is 4. The van der Waals surface area contributed by atoms with E-state index in [2.05, 4.69) is 4.90 Å². The highest BCUT2D eigenvalue weighted by atomic mass is 16.5. The summed E-state index contributed by atoms with van der Waals surface area (Å²) in [4.78, 5) is 13.5. The zero-order valence-electron chi connectivity index (χ0n) is 13.6. The number of benzene rings is 1. The molecule has 1 amide bonds. The maximum atomic E-state index is 10.9. The van der Waals surface area contributed by atoms with Crippen LogP contribution in [0.2, 0.25) is 0 Å². The predicted octanol–water partition coefficient (Wildman–Crippen LogP) is 2.19. The molecule has 0 unspecified atom stereocenters. The summed E-state index contributed by atoms with van der Waals surface area (Å²) in [5, 5.41) is 0. The highest BCUT2D eigenvalue weighted by Crippen LogP contribution is 2.33. The maximum absolute atomic E-state index is 10.9. The number of amides is 1. The molecule has 3 rings (SSSR count). The van der Waals surface area contributed by atoms with Gasteiger partial charge in [-0.25, -0.2) is 0 Å². The van der Waals surface area contributed by atoms with E-state index in [1.807, 2.05) is 24.3 Å². The first-order chi connectivity index (χ1) is 11.2. The van der Waals surface area contributed by atoms with Gasteiger partial charge in [-0.05, 0) is 50.9 Å². The Bertz CT molecular complexity index is 533. The van der Waals surface area contributed by atoms with E-state index in [-0.39, 0.29) is 6.61 Å². The van der Waals surface area contributed by atoms with Gasteiger partial charge >= 0.3 is 0 Å². The van der Waals surface area contributed by atoms with Gasteiger partial charge in [0.1, 0.15) is 0 Å². The number of hydrogen-bond donors (Lipinski definition) is 1. The largest absolute Gasteiger partial charge is 0.489 e. The van der Waals surface area contributed by atoms with E-state index in [1.165, 1.54) is 45.2 Å². The Morgan fingerprint density at radius 1 is 1.09 bits per heavy atom. The lowest BCUT2D eigenvalue weighted by atomic mass is 9.84. The number of ether oxygens (including phenoxy) is 2. The Balaban J connectivity index is 1.60. The van der Waals surface area contributed by atoms with E-state index in [1.54, 1.807) is 0 Å². The first kappa shape index (κ1) is 16.1. The first-order valence-corrected chi connectivity index (χ1v) is 8.61. The van der Waals surface area contributed by atoms with Gasteiger partial charge in [0.25, 0.3) is 5.91 Å². The lowest BCUT2D eigenvalue weighted by Crippen LogP contribution is -2.49. The number of para-hydroxylation sites is 2. The van der Waals surface area contributed by atoms with Crippen LogP contribution in [-0.2, 0) is 4.79 Å². The number of piperidine rings is 2. The number of nitrogens with two attached hydrogens (primary N) is 1. The second-order valence-corrected chi connectivity index (χ2v) is 6.51. The molecule has 0 aliphatic carbocycles. The highest BCUT2D eigenvalue weighted by Gasteiger charge is 2.33. The molecule has 5 heteroatoms. The van der Waals surface area contributed by atoms with Gasteiger partial charge in [-0.1, -0.05) is 18.6 Å². The van der Waals surface area contributed by atoms with Crippen LogP contribution in [0.15, 0.2) is 24.3 Å². The van der Waals surface area contributed by atoms with Crippen molar-refractivity contribution >= 4 is 5.91 Å². The van der Waals surface area contributed by atoms with E-state index in [0.29, 0.717) is 30.1 Å². The summed E-state index contributed by atoms with van der Waals surface area (Å²) in [6, 6.07) is 8.15. The SMILES string of the molecule is NC(=O)COc1ccccc1OC[C@@H]1CCCN2CCCC[C@H]12. The van der Waals surface area contributed by atoms with Crippen LogP contribution in [0.1, 0.15) is 32.1 Å². The minimum Gasteiger partial charge on any atom is -0.489 e. The lowest BCUT2D eigenvalue weighted by molar-refractivity contribution is -0.119. The Hall–Kier alpha value is -1.75. The zero-order valence-corrected chi connectivity index (χ0v) is 13.6. The molecule has 1 aromatic carbocycles. The van der Waals surface area contributed by atoms with Crippen LogP contribution < -0.4 is 15.2 Å². The molecular weight excluding hydrogens is 292 g/mol. The molecule has 5 nitrogen and oxygen atoms in total. The van der Waals surface area contributed by atoms with Gasteiger partial charge in [0, 0.05) is 12.0 Å². The van der Waals surface area contributed by atoms with Crippen LogP contribution in [0.5, 0.6) is 11.5 Å². The summed E-state index contributed by atoms with van der Waals surface area (Å²) in [6.45, 7) is 3.05. The molecule has 2 atom stereocenters. The second kappa shape index (κ2) is 7.68. The average molecular weight is 318 g/mol. The van der Waals surface area contributed by atoms with Gasteiger partial charge in [-0.3, -0.25) is 9.69 Å². The minimum atomic E-state index is -0.482. The molecule has 23 heavy (non-hydrogen) atoms. The molecule has 0 aromatic heterocycles. The summed E-state index contributed by atoms with van der Waals surface area (Å²) >= 11 is 0. The van der Waals surface area contributed by atoms with Gasteiger partial charge in [0.05, 0.1) is 6.61 Å². The van der Waals surface area contributed by atoms with Crippen LogP contribution in [-0.4, -0.2) is 43.2 Å². The van der Waals surface area contributed by atoms with Gasteiger partial charge in [-0.2, -0.15) is 0 Å². The summed E-state index contributed by atoms with van der Waals surface area (Å²) in [5.41, 5.74) is 5.14. The van der Waals surface area contributed by atoms with Crippen molar-refractivity contribution in [3.63, 3.8) is 0 Å². The molecule has 0 bridgehead atoms. The zero-order chi connectivity index (χ0) is 16.1. The van der Waals surface area contributed by atoms with Crippen LogP contribution in [0.4, 0.5) is 0 Å². The number of nitrogens with zero attached hydrogens (tertiary/aromatic N) is 1. The monoisotopic (exact) mass is 318 g/mol. The number of primary amides is 1. The minimum absolute atomic E-state index is 0.125. The first-order valence-electron chi connectivity index (χ1n) is 8.61. The van der Waals surface area contributed by atoms with Crippen molar-refractivity contribution in [1.29, 1.82) is 0 Å². The Kier molecular flexibility index (Phi) is 5.39. The van der Waals surface area contributed by atoms with E-state index in [9.17, 15) is 4.79 Å². The molecular formula is C18H26N2O3. The number of rotatable bonds is 6. The summed E-state index contributed by atoms with van der Waals surface area (Å²) in [6.07, 6.45) is 6.42. The number of fused-ring (bicyclic) bond motifs is 1. The molecule has 2 aliphatic rings. The van der Waals surface area contributed by atoms with Gasteiger partial charge in [-0.15, -0.1) is 0 Å². The molecule has 0 saturated carbocycles. The molecule has 2 aliphatic heterocycles. The van der Waals surface area contributed by atoms with Crippen molar-refractivity contribution in [2.75, 3.05) is 26.3 Å². The van der Waals surface area contributed by atoms with Gasteiger partial charge < -0.3 is 15.2 Å². The third-order valence-corrected chi connectivity index (χ3v) is 4.90. The maximum Gasteiger partial charge on any atom is 0.255 e. The summed E-state index contributed by atoms with van der Waals surface area (Å²) in [7, 11) is 0. The topological polar surface area (TPSA) is 64.8 Å². The van der Waals surface area contributed by atoms with Crippen molar-refractivity contribution in [1.82, 2.24) is 4.90 Å². The molecule has 2 fully saturated rings. The van der Waals surface area contributed by atoms with Crippen LogP contribution in [0, 0.1) is 5.92 Å². The fourth-order valence-corrected chi connectivity index (χ4v) is 3.81. The van der Waals surface area contributed by atoms with Crippen molar-refractivity contribution in [3.8, 4) is 11.5 Å². The summed E-state index contributed by atoms with van der Waals surface area (Å²) < 4.78 is 11.5. The van der Waals surface area contributed by atoms with E-state index < -0.39 is 5.91 Å². The third kappa shape index (κ3) is 4.16. The number of carbonyl (C=O) groups is 1. The van der Waals surface area contributed by atoms with E-state index >= 15 is 0 Å². The predicted molar refractivity (Wildman–Crippen MR) is 88.6 cm³/mol. The fraction of sp³-hybridized carbons (Fsp3) is 0.611. The number of carbonyl (C=O) groups excluding carboxylic acids is 1.